The number of carboxylic acid groups (broad SMARTS) is 2. The zero-order chi connectivity index (χ0) is 18.0. The first-order chi connectivity index (χ1) is 11.2. The van der Waals surface area contributed by atoms with Gasteiger partial charge in [-0.1, -0.05) is 12.1 Å². The molecule has 5 N–H and O–H groups in total. The maximum absolute atomic E-state index is 11.9. The number of carboxylic acids is 2. The van der Waals surface area contributed by atoms with Crippen molar-refractivity contribution in [1.29, 1.82) is 0 Å². The van der Waals surface area contributed by atoms with Gasteiger partial charge < -0.3 is 25.7 Å². The Morgan fingerprint density at radius 1 is 1.12 bits per heavy atom. The molecule has 0 bridgehead atoms. The number of benzene rings is 1. The number of rotatable bonds is 4. The first kappa shape index (κ1) is 16.7. The second-order valence-corrected chi connectivity index (χ2v) is 4.72. The highest BCUT2D eigenvalue weighted by Crippen LogP contribution is 2.31. The van der Waals surface area contributed by atoms with Gasteiger partial charge in [0.25, 0.3) is 5.56 Å². The third-order valence-electron chi connectivity index (χ3n) is 3.06. The lowest BCUT2D eigenvalue weighted by Gasteiger charge is -2.12. The molecule has 2 rings (SSSR count). The average molecular weight is 332 g/mol. The molecule has 0 amide bonds. The van der Waals surface area contributed by atoms with Crippen LogP contribution in [-0.4, -0.2) is 33.1 Å². The Morgan fingerprint density at radius 2 is 1.75 bits per heavy atom. The molecule has 0 saturated carbocycles. The van der Waals surface area contributed by atoms with E-state index in [0.717, 1.165) is 0 Å². The van der Waals surface area contributed by atoms with Crippen molar-refractivity contribution in [3.63, 3.8) is 0 Å². The van der Waals surface area contributed by atoms with Gasteiger partial charge in [0.15, 0.2) is 0 Å². The molecule has 0 atom stereocenters. The minimum Gasteiger partial charge on any atom is -0.478 e. The van der Waals surface area contributed by atoms with E-state index in [1.165, 1.54) is 31.2 Å². The summed E-state index contributed by atoms with van der Waals surface area (Å²) in [5.41, 5.74) is 2.84. The van der Waals surface area contributed by atoms with Crippen molar-refractivity contribution in [3.05, 3.63) is 45.7 Å². The highest BCUT2D eigenvalue weighted by molar-refractivity contribution is 6.07. The Labute approximate surface area is 134 Å². The molecular formula is C15H12N2O7. The maximum atomic E-state index is 11.9. The second kappa shape index (κ2) is 6.24. The van der Waals surface area contributed by atoms with E-state index >= 15 is 0 Å². The van der Waals surface area contributed by atoms with E-state index in [4.69, 9.17) is 10.5 Å². The van der Waals surface area contributed by atoms with Crippen molar-refractivity contribution in [3.8, 4) is 16.9 Å². The Bertz CT molecular complexity index is 915. The fourth-order valence-electron chi connectivity index (χ4n) is 2.22. The monoisotopic (exact) mass is 332 g/mol. The summed E-state index contributed by atoms with van der Waals surface area (Å²) in [7, 11) is 0. The summed E-state index contributed by atoms with van der Waals surface area (Å²) in [4.78, 5) is 47.9. The second-order valence-electron chi connectivity index (χ2n) is 4.72. The number of aromatic nitrogens is 1. The number of nitrogen functional groups attached to an aromatic ring is 1. The molecule has 9 heteroatoms. The normalized spacial score (nSPS) is 10.2. The molecule has 0 radical (unpaired) electrons. The number of ether oxygens (including phenoxy) is 1. The number of aromatic amines is 1. The summed E-state index contributed by atoms with van der Waals surface area (Å²) in [5.74, 6) is -4.17. The summed E-state index contributed by atoms with van der Waals surface area (Å²) >= 11 is 0. The van der Waals surface area contributed by atoms with E-state index in [1.54, 1.807) is 0 Å². The van der Waals surface area contributed by atoms with Crippen LogP contribution in [0.3, 0.4) is 0 Å². The average Bonchev–Trinajstić information content (AvgIpc) is 2.44. The molecule has 24 heavy (non-hydrogen) atoms. The summed E-state index contributed by atoms with van der Waals surface area (Å²) in [6.07, 6.45) is 0. The van der Waals surface area contributed by atoms with Gasteiger partial charge in [0.2, 0.25) is 0 Å². The van der Waals surface area contributed by atoms with E-state index in [1.807, 2.05) is 4.98 Å². The Kier molecular flexibility index (Phi) is 4.36. The lowest BCUT2D eigenvalue weighted by Crippen LogP contribution is -2.24. The smallest absolute Gasteiger partial charge is 0.342 e. The minimum absolute atomic E-state index is 0.0568. The Hall–Kier alpha value is -3.62. The molecule has 2 aromatic rings. The number of H-pyrrole nitrogens is 1. The molecule has 0 aliphatic carbocycles. The van der Waals surface area contributed by atoms with Gasteiger partial charge >= 0.3 is 17.9 Å². The van der Waals surface area contributed by atoms with Crippen molar-refractivity contribution >= 4 is 23.7 Å². The highest BCUT2D eigenvalue weighted by atomic mass is 16.5. The zero-order valence-corrected chi connectivity index (χ0v) is 12.3. The number of nitrogens with one attached hydrogen (secondary N) is 1. The number of pyridine rings is 1. The Morgan fingerprint density at radius 3 is 2.29 bits per heavy atom. The lowest BCUT2D eigenvalue weighted by atomic mass is 9.95. The number of hydrogen-bond acceptors (Lipinski definition) is 6. The first-order valence-corrected chi connectivity index (χ1v) is 6.53. The van der Waals surface area contributed by atoms with Crippen molar-refractivity contribution < 1.29 is 29.3 Å². The van der Waals surface area contributed by atoms with Gasteiger partial charge in [-0.05, 0) is 17.7 Å². The lowest BCUT2D eigenvalue weighted by molar-refractivity contribution is -0.131. The maximum Gasteiger partial charge on any atom is 0.342 e. The van der Waals surface area contributed by atoms with Crippen molar-refractivity contribution in [2.75, 3.05) is 5.73 Å². The number of aromatic carboxylic acids is 2. The highest BCUT2D eigenvalue weighted by Gasteiger charge is 2.26. The first-order valence-electron chi connectivity index (χ1n) is 6.53. The van der Waals surface area contributed by atoms with Gasteiger partial charge in [0.05, 0.1) is 0 Å². The van der Waals surface area contributed by atoms with Crippen LogP contribution in [0.25, 0.3) is 11.1 Å². The van der Waals surface area contributed by atoms with Crippen LogP contribution >= 0.6 is 0 Å². The topological polar surface area (TPSA) is 160 Å². The number of carbonyl (C=O) groups excluding carboxylic acids is 1. The van der Waals surface area contributed by atoms with E-state index < -0.39 is 40.4 Å². The van der Waals surface area contributed by atoms with Gasteiger partial charge in [-0.3, -0.25) is 9.59 Å². The minimum atomic E-state index is -1.62. The SMILES string of the molecule is CC(=O)Oc1cccc(-c2c(C(=O)O)c(N)[nH]c(=O)c2C(=O)O)c1. The fourth-order valence-corrected chi connectivity index (χ4v) is 2.22. The predicted molar refractivity (Wildman–Crippen MR) is 82.1 cm³/mol. The Balaban J connectivity index is 2.86. The molecule has 0 aliphatic rings. The molecule has 0 aliphatic heterocycles. The molecule has 9 nitrogen and oxygen atoms in total. The van der Waals surface area contributed by atoms with Crippen molar-refractivity contribution in [2.45, 2.75) is 6.92 Å². The molecular weight excluding hydrogens is 320 g/mol. The third-order valence-corrected chi connectivity index (χ3v) is 3.06. The number of hydrogen-bond donors (Lipinski definition) is 4. The molecule has 1 aromatic heterocycles. The van der Waals surface area contributed by atoms with Crippen LogP contribution in [0, 0.1) is 0 Å². The largest absolute Gasteiger partial charge is 0.478 e. The summed E-state index contributed by atoms with van der Waals surface area (Å²) < 4.78 is 4.89. The number of esters is 1. The number of nitrogens with two attached hydrogens (primary N) is 1. The zero-order valence-electron chi connectivity index (χ0n) is 12.3. The van der Waals surface area contributed by atoms with E-state index in [2.05, 4.69) is 0 Å². The van der Waals surface area contributed by atoms with Crippen LogP contribution in [0.4, 0.5) is 5.82 Å². The van der Waals surface area contributed by atoms with Crippen LogP contribution in [-0.2, 0) is 4.79 Å². The van der Waals surface area contributed by atoms with Crippen LogP contribution in [0.2, 0.25) is 0 Å². The van der Waals surface area contributed by atoms with Gasteiger partial charge in [-0.2, -0.15) is 0 Å². The van der Waals surface area contributed by atoms with Crippen molar-refractivity contribution in [2.24, 2.45) is 0 Å². The predicted octanol–water partition coefficient (Wildman–Crippen LogP) is 0.946. The van der Waals surface area contributed by atoms with Gasteiger partial charge in [0, 0.05) is 12.5 Å². The third kappa shape index (κ3) is 3.09. The van der Waals surface area contributed by atoms with E-state index in [0.29, 0.717) is 0 Å². The quantitative estimate of drug-likeness (QED) is 0.475. The molecule has 0 unspecified atom stereocenters. The molecule has 0 saturated heterocycles. The molecule has 0 fully saturated rings. The van der Waals surface area contributed by atoms with Gasteiger partial charge in [0.1, 0.15) is 22.7 Å². The van der Waals surface area contributed by atoms with Crippen LogP contribution in [0.5, 0.6) is 5.75 Å². The van der Waals surface area contributed by atoms with Gasteiger partial charge in [-0.25, -0.2) is 9.59 Å². The van der Waals surface area contributed by atoms with E-state index in [-0.39, 0.29) is 16.9 Å². The molecule has 0 spiro atoms. The summed E-state index contributed by atoms with van der Waals surface area (Å²) in [5, 5.41) is 18.6. The number of anilines is 1. The fraction of sp³-hybridized carbons (Fsp3) is 0.0667. The molecule has 1 heterocycles. The standard InChI is InChI=1S/C15H12N2O7/c1-6(18)24-8-4-2-3-7(5-8)9-10(14(20)21)12(16)17-13(19)11(9)15(22)23/h2-5H,1H3,(H,20,21)(H,22,23)(H3,16,17,19). The summed E-state index contributed by atoms with van der Waals surface area (Å²) in [6, 6.07) is 5.46. The van der Waals surface area contributed by atoms with Crippen LogP contribution in [0.1, 0.15) is 27.6 Å². The van der Waals surface area contributed by atoms with Crippen LogP contribution in [0.15, 0.2) is 29.1 Å². The van der Waals surface area contributed by atoms with Gasteiger partial charge in [-0.15, -0.1) is 0 Å². The van der Waals surface area contributed by atoms with Crippen LogP contribution < -0.4 is 16.0 Å². The van der Waals surface area contributed by atoms with Crippen molar-refractivity contribution in [1.82, 2.24) is 4.98 Å². The summed E-state index contributed by atoms with van der Waals surface area (Å²) in [6.45, 7) is 1.17. The van der Waals surface area contributed by atoms with E-state index in [9.17, 15) is 29.4 Å². The molecule has 124 valence electrons. The number of carbonyl (C=O) groups is 3. The molecule has 1 aromatic carbocycles.